The molecule has 6 rings (SSSR count). The predicted octanol–water partition coefficient (Wildman–Crippen LogP) is 6.26. The van der Waals surface area contributed by atoms with Gasteiger partial charge in [0.1, 0.15) is 23.9 Å². The predicted molar refractivity (Wildman–Crippen MR) is 171 cm³/mol. The minimum Gasteiger partial charge on any atom is -0.445 e. The molecule has 230 valence electrons. The monoisotopic (exact) mass is 625 g/mol. The maximum absolute atomic E-state index is 13.9. The van der Waals surface area contributed by atoms with E-state index in [1.807, 2.05) is 54.6 Å². The molecule has 2 amide bonds. The molecule has 3 heterocycles. The van der Waals surface area contributed by atoms with Crippen molar-refractivity contribution in [3.05, 3.63) is 126 Å². The summed E-state index contributed by atoms with van der Waals surface area (Å²) in [5.74, 6) is -0.549. The molecule has 2 aliphatic heterocycles. The SMILES string of the molecule is O=C1C(c2ccc(NC(O)[C@@H]3CCCN3C(=O)OCc3ccccc3)cc2)SC(=Nc2cccc(F)c2)N1Cc1cccnc1. The van der Waals surface area contributed by atoms with Gasteiger partial charge in [0, 0.05) is 24.6 Å². The average Bonchev–Trinajstić information content (AvgIpc) is 3.67. The molecule has 3 atom stereocenters. The standard InChI is InChI=1S/C34H32FN5O4S/c35-26-10-4-11-28(19-26)38-33-40(21-24-9-5-17-36-20-24)32(42)30(45-33)25-13-15-27(16-14-25)37-31(41)29-12-6-18-39(29)34(43)44-22-23-7-2-1-3-8-23/h1-5,7-11,13-17,19-20,29-31,37,41H,6,12,18,21-22H2/t29-,30?,31?/m0/s1. The van der Waals surface area contributed by atoms with Crippen molar-refractivity contribution < 1.29 is 23.8 Å². The van der Waals surface area contributed by atoms with Crippen molar-refractivity contribution in [1.82, 2.24) is 14.8 Å². The largest absolute Gasteiger partial charge is 0.445 e. The van der Waals surface area contributed by atoms with Crippen LogP contribution in [0.4, 0.5) is 20.6 Å². The van der Waals surface area contributed by atoms with Gasteiger partial charge >= 0.3 is 6.09 Å². The van der Waals surface area contributed by atoms with E-state index in [4.69, 9.17) is 4.74 Å². The van der Waals surface area contributed by atoms with Gasteiger partial charge < -0.3 is 20.1 Å². The second-order valence-electron chi connectivity index (χ2n) is 10.8. The Labute approximate surface area is 264 Å². The molecule has 4 aromatic rings. The summed E-state index contributed by atoms with van der Waals surface area (Å²) in [5.41, 5.74) is 3.56. The van der Waals surface area contributed by atoms with E-state index in [0.717, 1.165) is 23.1 Å². The van der Waals surface area contributed by atoms with E-state index in [1.165, 1.54) is 23.9 Å². The van der Waals surface area contributed by atoms with Gasteiger partial charge in [0.2, 0.25) is 5.91 Å². The van der Waals surface area contributed by atoms with Gasteiger partial charge in [-0.25, -0.2) is 14.2 Å². The number of halogens is 1. The van der Waals surface area contributed by atoms with Gasteiger partial charge in [-0.1, -0.05) is 66.4 Å². The lowest BCUT2D eigenvalue weighted by Gasteiger charge is -2.29. The zero-order chi connectivity index (χ0) is 31.2. The number of aliphatic hydroxyl groups excluding tert-OH is 1. The molecule has 1 aromatic heterocycles. The first kappa shape index (κ1) is 30.3. The summed E-state index contributed by atoms with van der Waals surface area (Å²) in [6, 6.07) is 25.9. The van der Waals surface area contributed by atoms with E-state index in [2.05, 4.69) is 15.3 Å². The van der Waals surface area contributed by atoms with Crippen LogP contribution in [-0.4, -0.2) is 55.9 Å². The molecule has 0 saturated carbocycles. The number of thioether (sulfide) groups is 1. The van der Waals surface area contributed by atoms with Crippen LogP contribution in [-0.2, 0) is 22.7 Å². The van der Waals surface area contributed by atoms with Crippen LogP contribution in [0.25, 0.3) is 0 Å². The minimum absolute atomic E-state index is 0.143. The average molecular weight is 626 g/mol. The van der Waals surface area contributed by atoms with Crippen LogP contribution < -0.4 is 5.32 Å². The highest BCUT2D eigenvalue weighted by molar-refractivity contribution is 8.15. The number of hydrogen-bond donors (Lipinski definition) is 2. The molecule has 0 spiro atoms. The molecule has 2 N–H and O–H groups in total. The quantitative estimate of drug-likeness (QED) is 0.212. The summed E-state index contributed by atoms with van der Waals surface area (Å²) in [5, 5.41) is 14.0. The molecule has 0 bridgehead atoms. The van der Waals surface area contributed by atoms with E-state index in [1.54, 1.807) is 46.5 Å². The highest BCUT2D eigenvalue weighted by atomic mass is 32.2. The Bertz CT molecular complexity index is 1660. The van der Waals surface area contributed by atoms with Crippen LogP contribution >= 0.6 is 11.8 Å². The maximum atomic E-state index is 13.9. The van der Waals surface area contributed by atoms with Gasteiger partial charge in [-0.15, -0.1) is 0 Å². The third-order valence-electron chi connectivity index (χ3n) is 7.67. The summed E-state index contributed by atoms with van der Waals surface area (Å²) >= 11 is 1.30. The van der Waals surface area contributed by atoms with E-state index < -0.39 is 29.4 Å². The Morgan fingerprint density at radius 1 is 1.07 bits per heavy atom. The summed E-state index contributed by atoms with van der Waals surface area (Å²) < 4.78 is 19.4. The highest BCUT2D eigenvalue weighted by Gasteiger charge is 2.39. The van der Waals surface area contributed by atoms with Crippen molar-refractivity contribution in [1.29, 1.82) is 0 Å². The van der Waals surface area contributed by atoms with Crippen molar-refractivity contribution in [2.45, 2.75) is 43.5 Å². The number of hydrogen-bond acceptors (Lipinski definition) is 8. The second kappa shape index (κ2) is 13.9. The number of benzene rings is 3. The molecule has 2 aliphatic rings. The van der Waals surface area contributed by atoms with Crippen LogP contribution in [0.1, 0.15) is 34.8 Å². The molecular formula is C34H32FN5O4S. The van der Waals surface area contributed by atoms with E-state index in [0.29, 0.717) is 29.5 Å². The van der Waals surface area contributed by atoms with Gasteiger partial charge in [0.25, 0.3) is 0 Å². The van der Waals surface area contributed by atoms with Crippen molar-refractivity contribution in [2.75, 3.05) is 11.9 Å². The van der Waals surface area contributed by atoms with Crippen molar-refractivity contribution in [3.8, 4) is 0 Å². The fraction of sp³-hybridized carbons (Fsp3) is 0.235. The number of nitrogens with zero attached hydrogens (tertiary/aromatic N) is 4. The molecule has 11 heteroatoms. The highest BCUT2D eigenvalue weighted by Crippen LogP contribution is 2.41. The van der Waals surface area contributed by atoms with E-state index >= 15 is 0 Å². The number of anilines is 1. The van der Waals surface area contributed by atoms with Gasteiger partial charge in [-0.3, -0.25) is 14.7 Å². The van der Waals surface area contributed by atoms with Crippen LogP contribution in [0.2, 0.25) is 0 Å². The molecule has 2 unspecified atom stereocenters. The van der Waals surface area contributed by atoms with Gasteiger partial charge in [-0.05, 0) is 65.9 Å². The third-order valence-corrected chi connectivity index (χ3v) is 8.90. The summed E-state index contributed by atoms with van der Waals surface area (Å²) in [6.45, 7) is 0.952. The number of aromatic nitrogens is 1. The number of pyridine rings is 1. The summed E-state index contributed by atoms with van der Waals surface area (Å²) in [7, 11) is 0. The van der Waals surface area contributed by atoms with Gasteiger partial charge in [0.15, 0.2) is 5.17 Å². The Hall–Kier alpha value is -4.74. The number of carbonyl (C=O) groups is 2. The number of amides is 2. The number of nitrogens with one attached hydrogen (secondary N) is 1. The topological polar surface area (TPSA) is 107 Å². The Morgan fingerprint density at radius 2 is 1.87 bits per heavy atom. The van der Waals surface area contributed by atoms with Gasteiger partial charge in [0.05, 0.1) is 18.3 Å². The second-order valence-corrected chi connectivity index (χ2v) is 11.9. The van der Waals surface area contributed by atoms with Crippen molar-refractivity contribution in [3.63, 3.8) is 0 Å². The first-order valence-electron chi connectivity index (χ1n) is 14.7. The zero-order valence-corrected chi connectivity index (χ0v) is 25.1. The molecule has 3 aromatic carbocycles. The molecule has 0 aliphatic carbocycles. The molecule has 2 saturated heterocycles. The number of ether oxygens (including phenoxy) is 1. The Kier molecular flexibility index (Phi) is 9.37. The van der Waals surface area contributed by atoms with E-state index in [9.17, 15) is 19.1 Å². The molecule has 0 radical (unpaired) electrons. The molecule has 9 nitrogen and oxygen atoms in total. The summed E-state index contributed by atoms with van der Waals surface area (Å²) in [6.07, 6.45) is 3.30. The fourth-order valence-electron chi connectivity index (χ4n) is 5.40. The number of carbonyl (C=O) groups excluding carboxylic acids is 2. The summed E-state index contributed by atoms with van der Waals surface area (Å²) in [4.78, 5) is 38.4. The van der Waals surface area contributed by atoms with E-state index in [-0.39, 0.29) is 19.1 Å². The van der Waals surface area contributed by atoms with Crippen LogP contribution in [0.5, 0.6) is 0 Å². The molecule has 2 fully saturated rings. The number of aliphatic imine (C=N–C) groups is 1. The normalized spacial score (nSPS) is 19.6. The van der Waals surface area contributed by atoms with Crippen LogP contribution in [0.3, 0.4) is 0 Å². The fourth-order valence-corrected chi connectivity index (χ4v) is 6.57. The number of aliphatic hydroxyl groups is 1. The maximum Gasteiger partial charge on any atom is 0.410 e. The lowest BCUT2D eigenvalue weighted by atomic mass is 10.1. The number of rotatable bonds is 9. The van der Waals surface area contributed by atoms with Crippen molar-refractivity contribution in [2.24, 2.45) is 4.99 Å². The van der Waals surface area contributed by atoms with Crippen LogP contribution in [0.15, 0.2) is 108 Å². The molecular weight excluding hydrogens is 593 g/mol. The first-order chi connectivity index (χ1) is 21.9. The lowest BCUT2D eigenvalue weighted by molar-refractivity contribution is -0.126. The zero-order valence-electron chi connectivity index (χ0n) is 24.3. The van der Waals surface area contributed by atoms with Crippen LogP contribution in [0, 0.1) is 5.82 Å². The first-order valence-corrected chi connectivity index (χ1v) is 15.6. The minimum atomic E-state index is -1.01. The lowest BCUT2D eigenvalue weighted by Crippen LogP contribution is -2.46. The molecule has 45 heavy (non-hydrogen) atoms. The smallest absolute Gasteiger partial charge is 0.410 e. The number of likely N-dealkylation sites (tertiary alicyclic amines) is 1. The van der Waals surface area contributed by atoms with Crippen molar-refractivity contribution >= 4 is 40.3 Å². The Balaban J connectivity index is 1.13. The van der Waals surface area contributed by atoms with Gasteiger partial charge in [-0.2, -0.15) is 0 Å². The Morgan fingerprint density at radius 3 is 2.62 bits per heavy atom. The number of amidine groups is 1. The third kappa shape index (κ3) is 7.33.